The van der Waals surface area contributed by atoms with Crippen molar-refractivity contribution in [3.8, 4) is 5.75 Å². The molecule has 0 bridgehead atoms. The minimum Gasteiger partial charge on any atom is -0.494 e. The summed E-state index contributed by atoms with van der Waals surface area (Å²) in [5, 5.41) is 9.69. The monoisotopic (exact) mass is 443 g/mol. The molecule has 0 aliphatic carbocycles. The number of carbonyl (C=O) groups excluding carboxylic acids is 1. The van der Waals surface area contributed by atoms with Crippen molar-refractivity contribution in [3.05, 3.63) is 72.1 Å². The maximum atomic E-state index is 12.2. The molecule has 0 aliphatic rings. The lowest BCUT2D eigenvalue weighted by molar-refractivity contribution is 0.251. The summed E-state index contributed by atoms with van der Waals surface area (Å²) in [6.07, 6.45) is 3.64. The Bertz CT molecular complexity index is 1110. The number of rotatable bonds is 9. The third-order valence-electron chi connectivity index (χ3n) is 4.48. The number of anilines is 2. The first-order valence-corrected chi connectivity index (χ1v) is 11.3. The maximum Gasteiger partial charge on any atom is 0.319 e. The molecule has 3 aromatic rings. The predicted octanol–water partition coefficient (Wildman–Crippen LogP) is 3.02. The molecule has 164 valence electrons. The minimum absolute atomic E-state index is 0.0528. The summed E-state index contributed by atoms with van der Waals surface area (Å²) < 4.78 is 33.1. The van der Waals surface area contributed by atoms with E-state index in [9.17, 15) is 13.2 Å². The normalized spacial score (nSPS) is 11.0. The Hall–Kier alpha value is -3.53. The lowest BCUT2D eigenvalue weighted by Crippen LogP contribution is -2.28. The van der Waals surface area contributed by atoms with Gasteiger partial charge in [0.2, 0.25) is 10.0 Å². The standard InChI is InChI=1S/C21H25N5O4S/c1-3-31(28,29)25-19-10-9-18(13-20(19)30-2)24-21(27)22-14-16-5-7-17(8-6-16)15-26-12-4-11-23-26/h4-13,25H,3,14-15H2,1-2H3,(H2,22,24,27). The van der Waals surface area contributed by atoms with Crippen LogP contribution in [0.4, 0.5) is 16.2 Å². The highest BCUT2D eigenvalue weighted by Gasteiger charge is 2.12. The van der Waals surface area contributed by atoms with Gasteiger partial charge in [-0.3, -0.25) is 9.40 Å². The smallest absolute Gasteiger partial charge is 0.319 e. The van der Waals surface area contributed by atoms with E-state index in [1.165, 1.54) is 7.11 Å². The predicted molar refractivity (Wildman–Crippen MR) is 120 cm³/mol. The number of carbonyl (C=O) groups is 1. The van der Waals surface area contributed by atoms with Crippen molar-refractivity contribution in [2.45, 2.75) is 20.0 Å². The van der Waals surface area contributed by atoms with Crippen molar-refractivity contribution in [2.24, 2.45) is 0 Å². The summed E-state index contributed by atoms with van der Waals surface area (Å²) in [5.41, 5.74) is 2.86. The average Bonchev–Trinajstić information content (AvgIpc) is 3.27. The van der Waals surface area contributed by atoms with Crippen LogP contribution in [0.5, 0.6) is 5.75 Å². The van der Waals surface area contributed by atoms with Crippen LogP contribution in [0.3, 0.4) is 0 Å². The average molecular weight is 444 g/mol. The molecule has 0 saturated heterocycles. The summed E-state index contributed by atoms with van der Waals surface area (Å²) in [4.78, 5) is 12.2. The molecule has 3 rings (SSSR count). The molecule has 2 amide bonds. The van der Waals surface area contributed by atoms with Crippen LogP contribution in [0.15, 0.2) is 60.9 Å². The van der Waals surface area contributed by atoms with E-state index in [1.807, 2.05) is 41.2 Å². The highest BCUT2D eigenvalue weighted by Crippen LogP contribution is 2.28. The molecule has 0 spiro atoms. The van der Waals surface area contributed by atoms with Crippen LogP contribution in [0.25, 0.3) is 0 Å². The summed E-state index contributed by atoms with van der Waals surface area (Å²) >= 11 is 0. The largest absolute Gasteiger partial charge is 0.494 e. The van der Waals surface area contributed by atoms with Crippen LogP contribution < -0.4 is 20.1 Å². The van der Waals surface area contributed by atoms with E-state index in [1.54, 1.807) is 31.3 Å². The number of aromatic nitrogens is 2. The molecule has 0 unspecified atom stereocenters. The fourth-order valence-corrected chi connectivity index (χ4v) is 3.44. The number of sulfonamides is 1. The molecule has 9 nitrogen and oxygen atoms in total. The van der Waals surface area contributed by atoms with Gasteiger partial charge in [-0.1, -0.05) is 24.3 Å². The van der Waals surface area contributed by atoms with Crippen LogP contribution in [0.2, 0.25) is 0 Å². The Kier molecular flexibility index (Phi) is 7.14. The van der Waals surface area contributed by atoms with E-state index in [4.69, 9.17) is 4.74 Å². The number of urea groups is 1. The van der Waals surface area contributed by atoms with Crippen molar-refractivity contribution in [3.63, 3.8) is 0 Å². The Morgan fingerprint density at radius 3 is 2.52 bits per heavy atom. The van der Waals surface area contributed by atoms with Crippen molar-refractivity contribution < 1.29 is 17.9 Å². The third-order valence-corrected chi connectivity index (χ3v) is 5.78. The Morgan fingerprint density at radius 1 is 1.13 bits per heavy atom. The highest BCUT2D eigenvalue weighted by molar-refractivity contribution is 7.92. The fourth-order valence-electron chi connectivity index (χ4n) is 2.79. The molecule has 3 N–H and O–H groups in total. The van der Waals surface area contributed by atoms with Gasteiger partial charge in [0.25, 0.3) is 0 Å². The molecular weight excluding hydrogens is 418 g/mol. The van der Waals surface area contributed by atoms with E-state index in [0.29, 0.717) is 30.2 Å². The number of nitrogens with one attached hydrogen (secondary N) is 3. The van der Waals surface area contributed by atoms with Crippen molar-refractivity contribution in [1.82, 2.24) is 15.1 Å². The number of methoxy groups -OCH3 is 1. The molecule has 2 aromatic carbocycles. The Morgan fingerprint density at radius 2 is 1.87 bits per heavy atom. The summed E-state index contributed by atoms with van der Waals surface area (Å²) in [6.45, 7) is 2.59. The van der Waals surface area contributed by atoms with Crippen molar-refractivity contribution >= 4 is 27.4 Å². The summed E-state index contributed by atoms with van der Waals surface area (Å²) in [5.74, 6) is 0.255. The lowest BCUT2D eigenvalue weighted by atomic mass is 10.1. The van der Waals surface area contributed by atoms with E-state index < -0.39 is 10.0 Å². The Balaban J connectivity index is 1.54. The molecule has 31 heavy (non-hydrogen) atoms. The number of ether oxygens (including phenoxy) is 1. The molecule has 0 fully saturated rings. The number of amides is 2. The molecule has 0 aliphatic heterocycles. The third kappa shape index (κ3) is 6.48. The van der Waals surface area contributed by atoms with Gasteiger partial charge in [-0.2, -0.15) is 5.10 Å². The first kappa shape index (κ1) is 22.2. The van der Waals surface area contributed by atoms with Gasteiger partial charge in [-0.25, -0.2) is 13.2 Å². The molecule has 10 heteroatoms. The second-order valence-corrected chi connectivity index (χ2v) is 8.76. The number of nitrogens with zero attached hydrogens (tertiary/aromatic N) is 2. The lowest BCUT2D eigenvalue weighted by Gasteiger charge is -2.13. The zero-order valence-corrected chi connectivity index (χ0v) is 18.1. The second-order valence-electron chi connectivity index (χ2n) is 6.75. The van der Waals surface area contributed by atoms with Crippen LogP contribution in [0, 0.1) is 0 Å². The van der Waals surface area contributed by atoms with Crippen LogP contribution in [-0.2, 0) is 23.1 Å². The van der Waals surface area contributed by atoms with Gasteiger partial charge in [-0.05, 0) is 36.2 Å². The molecule has 0 atom stereocenters. The van der Waals surface area contributed by atoms with Gasteiger partial charge in [0.05, 0.1) is 25.1 Å². The maximum absolute atomic E-state index is 12.2. The minimum atomic E-state index is -3.43. The zero-order chi connectivity index (χ0) is 22.3. The first-order chi connectivity index (χ1) is 14.9. The summed E-state index contributed by atoms with van der Waals surface area (Å²) in [6, 6.07) is 14.1. The van der Waals surface area contributed by atoms with Crippen molar-refractivity contribution in [1.29, 1.82) is 0 Å². The molecule has 0 saturated carbocycles. The molecule has 1 aromatic heterocycles. The van der Waals surface area contributed by atoms with Gasteiger partial charge >= 0.3 is 6.03 Å². The second kappa shape index (κ2) is 9.98. The van der Waals surface area contributed by atoms with E-state index in [2.05, 4.69) is 20.5 Å². The zero-order valence-electron chi connectivity index (χ0n) is 17.3. The Labute approximate surface area is 181 Å². The van der Waals surface area contributed by atoms with Gasteiger partial charge in [-0.15, -0.1) is 0 Å². The van der Waals surface area contributed by atoms with Gasteiger partial charge in [0.1, 0.15) is 5.75 Å². The van der Waals surface area contributed by atoms with Crippen LogP contribution >= 0.6 is 0 Å². The molecular formula is C21H25N5O4S. The first-order valence-electron chi connectivity index (χ1n) is 9.67. The fraction of sp³-hybridized carbons (Fsp3) is 0.238. The van der Waals surface area contributed by atoms with Crippen LogP contribution in [0.1, 0.15) is 18.1 Å². The van der Waals surface area contributed by atoms with E-state index in [0.717, 1.165) is 11.1 Å². The summed E-state index contributed by atoms with van der Waals surface area (Å²) in [7, 11) is -2.00. The molecule has 1 heterocycles. The number of benzene rings is 2. The van der Waals surface area contributed by atoms with E-state index >= 15 is 0 Å². The molecule has 0 radical (unpaired) electrons. The van der Waals surface area contributed by atoms with Crippen molar-refractivity contribution in [2.75, 3.05) is 22.9 Å². The number of hydrogen-bond donors (Lipinski definition) is 3. The van der Waals surface area contributed by atoms with E-state index in [-0.39, 0.29) is 11.8 Å². The van der Waals surface area contributed by atoms with Gasteiger partial charge in [0.15, 0.2) is 0 Å². The van der Waals surface area contributed by atoms with Crippen LogP contribution in [-0.4, -0.2) is 37.1 Å². The highest BCUT2D eigenvalue weighted by atomic mass is 32.2. The SMILES string of the molecule is CCS(=O)(=O)Nc1ccc(NC(=O)NCc2ccc(Cn3cccn3)cc2)cc1OC. The van der Waals surface area contributed by atoms with Gasteiger partial charge in [0, 0.05) is 30.7 Å². The number of hydrogen-bond acceptors (Lipinski definition) is 5. The topological polar surface area (TPSA) is 114 Å². The van der Waals surface area contributed by atoms with Gasteiger partial charge < -0.3 is 15.4 Å². The quantitative estimate of drug-likeness (QED) is 0.470.